The average Bonchev–Trinajstić information content (AvgIpc) is 2.68. The Morgan fingerprint density at radius 3 is 2.79 bits per heavy atom. The van der Waals surface area contributed by atoms with Crippen LogP contribution in [0.25, 0.3) is 11.3 Å². The maximum absolute atomic E-state index is 5.47. The summed E-state index contributed by atoms with van der Waals surface area (Å²) in [6, 6.07) is 5.98. The maximum atomic E-state index is 5.47. The van der Waals surface area contributed by atoms with E-state index in [4.69, 9.17) is 4.42 Å². The average molecular weight is 187 g/mol. The van der Waals surface area contributed by atoms with E-state index in [1.54, 1.807) is 6.20 Å². The summed E-state index contributed by atoms with van der Waals surface area (Å²) in [5.41, 5.74) is 2.25. The van der Waals surface area contributed by atoms with E-state index < -0.39 is 0 Å². The number of rotatable bonds is 2. The number of hydrogen-bond donors (Lipinski definition) is 0. The predicted molar refractivity (Wildman–Crippen MR) is 56.0 cm³/mol. The molecule has 0 aliphatic rings. The number of furan rings is 1. The molecule has 0 N–H and O–H groups in total. The van der Waals surface area contributed by atoms with Gasteiger partial charge in [-0.3, -0.25) is 4.98 Å². The molecule has 0 spiro atoms. The van der Waals surface area contributed by atoms with Crippen LogP contribution in [0.1, 0.15) is 25.3 Å². The van der Waals surface area contributed by atoms with Crippen molar-refractivity contribution in [3.05, 3.63) is 42.4 Å². The van der Waals surface area contributed by atoms with Crippen LogP contribution < -0.4 is 0 Å². The van der Waals surface area contributed by atoms with Crippen LogP contribution in [0.2, 0.25) is 0 Å². The zero-order valence-corrected chi connectivity index (χ0v) is 8.40. The third-order valence-electron chi connectivity index (χ3n) is 2.23. The normalized spacial score (nSPS) is 10.8. The number of pyridine rings is 1. The minimum atomic E-state index is 0.504. The standard InChI is InChI=1S/C12H13NO/c1-9(2)11-6-12(14-8-11)10-4-3-5-13-7-10/h3-9H,1-2H3. The molecule has 0 fully saturated rings. The summed E-state index contributed by atoms with van der Waals surface area (Å²) in [5, 5.41) is 0. The van der Waals surface area contributed by atoms with Crippen molar-refractivity contribution in [3.63, 3.8) is 0 Å². The molecular formula is C12H13NO. The van der Waals surface area contributed by atoms with Crippen molar-refractivity contribution in [1.82, 2.24) is 4.98 Å². The Hall–Kier alpha value is -1.57. The van der Waals surface area contributed by atoms with Crippen molar-refractivity contribution >= 4 is 0 Å². The lowest BCUT2D eigenvalue weighted by Crippen LogP contribution is -1.80. The van der Waals surface area contributed by atoms with E-state index >= 15 is 0 Å². The number of nitrogens with zero attached hydrogens (tertiary/aromatic N) is 1. The molecule has 0 unspecified atom stereocenters. The Morgan fingerprint density at radius 2 is 2.21 bits per heavy atom. The van der Waals surface area contributed by atoms with Crippen LogP contribution in [0.15, 0.2) is 41.3 Å². The van der Waals surface area contributed by atoms with Gasteiger partial charge in [0.15, 0.2) is 0 Å². The second-order valence-corrected chi connectivity index (χ2v) is 3.64. The molecule has 0 saturated heterocycles. The van der Waals surface area contributed by atoms with Crippen molar-refractivity contribution in [2.75, 3.05) is 0 Å². The van der Waals surface area contributed by atoms with Crippen molar-refractivity contribution in [2.24, 2.45) is 0 Å². The van der Waals surface area contributed by atoms with Gasteiger partial charge in [0.05, 0.1) is 6.26 Å². The summed E-state index contributed by atoms with van der Waals surface area (Å²) in [6.07, 6.45) is 5.38. The molecule has 2 rings (SSSR count). The van der Waals surface area contributed by atoms with Crippen molar-refractivity contribution in [3.8, 4) is 11.3 Å². The van der Waals surface area contributed by atoms with E-state index in [1.807, 2.05) is 24.6 Å². The third kappa shape index (κ3) is 1.69. The summed E-state index contributed by atoms with van der Waals surface area (Å²) >= 11 is 0. The van der Waals surface area contributed by atoms with Crippen molar-refractivity contribution < 1.29 is 4.42 Å². The molecule has 2 aromatic rings. The molecule has 0 aliphatic heterocycles. The van der Waals surface area contributed by atoms with Gasteiger partial charge in [0, 0.05) is 18.0 Å². The van der Waals surface area contributed by atoms with Gasteiger partial charge in [-0.25, -0.2) is 0 Å². The molecule has 0 bridgehead atoms. The van der Waals surface area contributed by atoms with E-state index in [9.17, 15) is 0 Å². The highest BCUT2D eigenvalue weighted by Crippen LogP contribution is 2.24. The van der Waals surface area contributed by atoms with E-state index in [0.29, 0.717) is 5.92 Å². The summed E-state index contributed by atoms with van der Waals surface area (Å²) < 4.78 is 5.47. The Morgan fingerprint density at radius 1 is 1.36 bits per heavy atom. The topological polar surface area (TPSA) is 26.0 Å². The van der Waals surface area contributed by atoms with Gasteiger partial charge in [0.1, 0.15) is 5.76 Å². The first-order valence-corrected chi connectivity index (χ1v) is 4.76. The van der Waals surface area contributed by atoms with E-state index in [0.717, 1.165) is 11.3 Å². The lowest BCUT2D eigenvalue weighted by atomic mass is 10.1. The smallest absolute Gasteiger partial charge is 0.135 e. The molecule has 0 saturated carbocycles. The van der Waals surface area contributed by atoms with Gasteiger partial charge >= 0.3 is 0 Å². The van der Waals surface area contributed by atoms with Gasteiger partial charge in [-0.15, -0.1) is 0 Å². The van der Waals surface area contributed by atoms with Crippen LogP contribution in [-0.4, -0.2) is 4.98 Å². The van der Waals surface area contributed by atoms with Crippen LogP contribution in [0.5, 0.6) is 0 Å². The SMILES string of the molecule is CC(C)c1coc(-c2cccnc2)c1. The molecule has 0 amide bonds. The summed E-state index contributed by atoms with van der Waals surface area (Å²) in [7, 11) is 0. The minimum Gasteiger partial charge on any atom is -0.464 e. The van der Waals surface area contributed by atoms with Crippen LogP contribution in [0.3, 0.4) is 0 Å². The molecule has 0 aromatic carbocycles. The number of aromatic nitrogens is 1. The molecule has 72 valence electrons. The highest BCUT2D eigenvalue weighted by molar-refractivity contribution is 5.56. The monoisotopic (exact) mass is 187 g/mol. The highest BCUT2D eigenvalue weighted by atomic mass is 16.3. The molecule has 2 aromatic heterocycles. The maximum Gasteiger partial charge on any atom is 0.135 e. The molecule has 0 aliphatic carbocycles. The van der Waals surface area contributed by atoms with Crippen molar-refractivity contribution in [2.45, 2.75) is 19.8 Å². The van der Waals surface area contributed by atoms with Gasteiger partial charge in [-0.1, -0.05) is 13.8 Å². The van der Waals surface area contributed by atoms with E-state index in [-0.39, 0.29) is 0 Å². The largest absolute Gasteiger partial charge is 0.464 e. The van der Waals surface area contributed by atoms with Crippen LogP contribution in [0, 0.1) is 0 Å². The van der Waals surface area contributed by atoms with E-state index in [2.05, 4.69) is 24.9 Å². The van der Waals surface area contributed by atoms with Crippen LogP contribution in [0.4, 0.5) is 0 Å². The van der Waals surface area contributed by atoms with Gasteiger partial charge in [-0.05, 0) is 29.7 Å². The molecule has 2 heteroatoms. The summed E-state index contributed by atoms with van der Waals surface area (Å²) in [4.78, 5) is 4.06. The Kier molecular flexibility index (Phi) is 2.35. The first kappa shape index (κ1) is 9.00. The summed E-state index contributed by atoms with van der Waals surface area (Å²) in [5.74, 6) is 1.39. The fourth-order valence-electron chi connectivity index (χ4n) is 1.31. The molecule has 0 atom stereocenters. The second kappa shape index (κ2) is 3.66. The molecule has 0 radical (unpaired) electrons. The Labute approximate surface area is 83.6 Å². The van der Waals surface area contributed by atoms with Crippen LogP contribution >= 0.6 is 0 Å². The Balaban J connectivity index is 2.34. The van der Waals surface area contributed by atoms with Crippen molar-refractivity contribution in [1.29, 1.82) is 0 Å². The minimum absolute atomic E-state index is 0.504. The predicted octanol–water partition coefficient (Wildman–Crippen LogP) is 3.47. The van der Waals surface area contributed by atoms with Gasteiger partial charge < -0.3 is 4.42 Å². The lowest BCUT2D eigenvalue weighted by molar-refractivity contribution is 0.576. The van der Waals surface area contributed by atoms with E-state index in [1.165, 1.54) is 5.56 Å². The fourth-order valence-corrected chi connectivity index (χ4v) is 1.31. The summed E-state index contributed by atoms with van der Waals surface area (Å²) in [6.45, 7) is 4.30. The zero-order valence-electron chi connectivity index (χ0n) is 8.40. The van der Waals surface area contributed by atoms with Gasteiger partial charge in [-0.2, -0.15) is 0 Å². The number of hydrogen-bond acceptors (Lipinski definition) is 2. The van der Waals surface area contributed by atoms with Gasteiger partial charge in [0.2, 0.25) is 0 Å². The first-order valence-electron chi connectivity index (χ1n) is 4.76. The zero-order chi connectivity index (χ0) is 9.97. The van der Waals surface area contributed by atoms with Gasteiger partial charge in [0.25, 0.3) is 0 Å². The third-order valence-corrected chi connectivity index (χ3v) is 2.23. The fraction of sp³-hybridized carbons (Fsp3) is 0.250. The first-order chi connectivity index (χ1) is 6.77. The molecular weight excluding hydrogens is 174 g/mol. The molecule has 14 heavy (non-hydrogen) atoms. The van der Waals surface area contributed by atoms with Crippen LogP contribution in [-0.2, 0) is 0 Å². The molecule has 2 nitrogen and oxygen atoms in total. The molecule has 2 heterocycles. The lowest BCUT2D eigenvalue weighted by Gasteiger charge is -1.96. The second-order valence-electron chi connectivity index (χ2n) is 3.64. The Bertz CT molecular complexity index is 403. The quantitative estimate of drug-likeness (QED) is 0.719. The highest BCUT2D eigenvalue weighted by Gasteiger charge is 2.06.